The number of hydrogen-bond donors (Lipinski definition) is 1. The monoisotopic (exact) mass is 388 g/mol. The molecule has 4 nitrogen and oxygen atoms in total. The highest BCUT2D eigenvalue weighted by molar-refractivity contribution is 6.42. The van der Waals surface area contributed by atoms with Gasteiger partial charge in [-0.25, -0.2) is 0 Å². The third kappa shape index (κ3) is 2.60. The predicted molar refractivity (Wildman–Crippen MR) is 105 cm³/mol. The van der Waals surface area contributed by atoms with Gasteiger partial charge in [0.05, 0.1) is 21.0 Å². The van der Waals surface area contributed by atoms with Gasteiger partial charge in [-0.15, -0.1) is 0 Å². The number of fused-ring (bicyclic) bond motifs is 3. The summed E-state index contributed by atoms with van der Waals surface area (Å²) in [7, 11) is 0. The van der Waals surface area contributed by atoms with Gasteiger partial charge in [-0.1, -0.05) is 41.4 Å². The van der Waals surface area contributed by atoms with Gasteiger partial charge >= 0.3 is 0 Å². The first-order valence-corrected chi connectivity index (χ1v) is 9.30. The van der Waals surface area contributed by atoms with E-state index >= 15 is 0 Å². The van der Waals surface area contributed by atoms with Gasteiger partial charge in [0.1, 0.15) is 5.69 Å². The zero-order valence-electron chi connectivity index (χ0n) is 14.4. The molecule has 2 aromatic rings. The van der Waals surface area contributed by atoms with Crippen LogP contribution >= 0.6 is 23.2 Å². The summed E-state index contributed by atoms with van der Waals surface area (Å²) in [5, 5.41) is 16.1. The maximum atomic E-state index is 11.7. The molecule has 0 spiro atoms. The van der Waals surface area contributed by atoms with E-state index in [2.05, 4.69) is 17.5 Å². The van der Waals surface area contributed by atoms with E-state index in [1.54, 1.807) is 12.1 Å². The minimum Gasteiger partial charge on any atom is -0.372 e. The van der Waals surface area contributed by atoms with Crippen LogP contribution in [0.25, 0.3) is 0 Å². The largest absolute Gasteiger partial charge is 0.372 e. The first-order valence-electron chi connectivity index (χ1n) is 8.55. The molecule has 0 aromatic heterocycles. The molecule has 0 bridgehead atoms. The highest BCUT2D eigenvalue weighted by atomic mass is 35.5. The van der Waals surface area contributed by atoms with Gasteiger partial charge in [-0.3, -0.25) is 10.1 Å². The van der Waals surface area contributed by atoms with Crippen LogP contribution in [0, 0.1) is 29.9 Å². The fraction of sp³-hybridized carbons (Fsp3) is 0.300. The Morgan fingerprint density at radius 3 is 2.65 bits per heavy atom. The van der Waals surface area contributed by atoms with Crippen LogP contribution in [0.15, 0.2) is 36.4 Å². The molecule has 26 heavy (non-hydrogen) atoms. The smallest absolute Gasteiger partial charge is 0.292 e. The lowest BCUT2D eigenvalue weighted by Crippen LogP contribution is -2.30. The van der Waals surface area contributed by atoms with Crippen LogP contribution in [0.2, 0.25) is 10.0 Å². The van der Waals surface area contributed by atoms with Crippen molar-refractivity contribution in [3.05, 3.63) is 78.8 Å². The molecular formula is C20H18Cl2N2O2. The summed E-state index contributed by atoms with van der Waals surface area (Å²) >= 11 is 12.3. The Kier molecular flexibility index (Phi) is 4.20. The zero-order chi connectivity index (χ0) is 18.6. The van der Waals surface area contributed by atoms with E-state index in [1.807, 2.05) is 26.0 Å². The second-order valence-corrected chi connectivity index (χ2v) is 7.85. The molecule has 0 fully saturated rings. The number of allylic oxidation sites excluding steroid dienone is 2. The third-order valence-electron chi connectivity index (χ3n) is 5.65. The summed E-state index contributed by atoms with van der Waals surface area (Å²) in [6, 6.07) is 7.18. The molecule has 1 aliphatic carbocycles. The van der Waals surface area contributed by atoms with Crippen molar-refractivity contribution in [1.29, 1.82) is 0 Å². The van der Waals surface area contributed by atoms with E-state index in [9.17, 15) is 10.1 Å². The molecule has 0 radical (unpaired) electrons. The fourth-order valence-electron chi connectivity index (χ4n) is 4.26. The molecule has 1 N–H and O–H groups in total. The number of anilines is 1. The molecule has 0 amide bonds. The molecular weight excluding hydrogens is 371 g/mol. The van der Waals surface area contributed by atoms with E-state index in [-0.39, 0.29) is 22.6 Å². The lowest BCUT2D eigenvalue weighted by Gasteiger charge is -2.38. The van der Waals surface area contributed by atoms with Crippen LogP contribution in [-0.4, -0.2) is 4.92 Å². The van der Waals surface area contributed by atoms with Crippen molar-refractivity contribution in [1.82, 2.24) is 0 Å². The first-order chi connectivity index (χ1) is 12.4. The Balaban J connectivity index is 1.90. The van der Waals surface area contributed by atoms with Gasteiger partial charge in [0.25, 0.3) is 5.69 Å². The Morgan fingerprint density at radius 2 is 1.96 bits per heavy atom. The van der Waals surface area contributed by atoms with Crippen LogP contribution < -0.4 is 5.32 Å². The molecule has 4 rings (SSSR count). The number of nitro groups is 1. The van der Waals surface area contributed by atoms with Gasteiger partial charge in [-0.2, -0.15) is 0 Å². The van der Waals surface area contributed by atoms with Crippen molar-refractivity contribution in [3.63, 3.8) is 0 Å². The molecule has 6 heteroatoms. The van der Waals surface area contributed by atoms with Crippen molar-refractivity contribution in [2.24, 2.45) is 5.92 Å². The highest BCUT2D eigenvalue weighted by Gasteiger charge is 2.41. The van der Waals surface area contributed by atoms with Crippen molar-refractivity contribution in [3.8, 4) is 0 Å². The van der Waals surface area contributed by atoms with Crippen molar-refractivity contribution < 1.29 is 4.92 Å². The van der Waals surface area contributed by atoms with Crippen LogP contribution in [0.3, 0.4) is 0 Å². The van der Waals surface area contributed by atoms with Crippen molar-refractivity contribution in [2.75, 3.05) is 5.32 Å². The average molecular weight is 389 g/mol. The van der Waals surface area contributed by atoms with Crippen molar-refractivity contribution in [2.45, 2.75) is 32.2 Å². The molecule has 3 atom stereocenters. The molecule has 134 valence electrons. The lowest BCUT2D eigenvalue weighted by atomic mass is 9.74. The molecule has 2 aromatic carbocycles. The van der Waals surface area contributed by atoms with E-state index < -0.39 is 0 Å². The zero-order valence-corrected chi connectivity index (χ0v) is 15.9. The van der Waals surface area contributed by atoms with E-state index in [4.69, 9.17) is 23.2 Å². The summed E-state index contributed by atoms with van der Waals surface area (Å²) in [6.07, 6.45) is 5.28. The van der Waals surface area contributed by atoms with E-state index in [0.717, 1.165) is 28.7 Å². The van der Waals surface area contributed by atoms with Gasteiger partial charge < -0.3 is 5.32 Å². The van der Waals surface area contributed by atoms with Crippen LogP contribution in [-0.2, 0) is 0 Å². The number of rotatable bonds is 2. The number of nitrogens with zero attached hydrogens (tertiary/aromatic N) is 1. The number of nitrogens with one attached hydrogen (secondary N) is 1. The maximum absolute atomic E-state index is 11.7. The molecule has 1 heterocycles. The molecule has 2 aliphatic rings. The van der Waals surface area contributed by atoms with Crippen LogP contribution in [0.4, 0.5) is 11.4 Å². The molecule has 0 saturated carbocycles. The molecule has 0 unspecified atom stereocenters. The summed E-state index contributed by atoms with van der Waals surface area (Å²) in [5.41, 5.74) is 4.87. The van der Waals surface area contributed by atoms with Crippen LogP contribution in [0.5, 0.6) is 0 Å². The maximum Gasteiger partial charge on any atom is 0.292 e. The number of benzene rings is 2. The molecule has 1 aliphatic heterocycles. The van der Waals surface area contributed by atoms with Gasteiger partial charge in [0.15, 0.2) is 0 Å². The first kappa shape index (κ1) is 17.4. The second kappa shape index (κ2) is 6.29. The van der Waals surface area contributed by atoms with Crippen LogP contribution in [0.1, 0.15) is 40.6 Å². The Bertz CT molecular complexity index is 955. The summed E-state index contributed by atoms with van der Waals surface area (Å²) in [4.78, 5) is 11.4. The highest BCUT2D eigenvalue weighted by Crippen LogP contribution is 2.53. The lowest BCUT2D eigenvalue weighted by molar-refractivity contribution is -0.384. The Morgan fingerprint density at radius 1 is 1.19 bits per heavy atom. The Labute approximate surface area is 162 Å². The third-order valence-corrected chi connectivity index (χ3v) is 6.39. The topological polar surface area (TPSA) is 55.2 Å². The summed E-state index contributed by atoms with van der Waals surface area (Å²) in [6.45, 7) is 3.98. The normalized spacial score (nSPS) is 23.3. The number of nitro benzene ring substituents is 1. The summed E-state index contributed by atoms with van der Waals surface area (Å²) in [5.74, 6) is 0.448. The number of hydrogen-bond acceptors (Lipinski definition) is 3. The van der Waals surface area contributed by atoms with Gasteiger partial charge in [-0.05, 0) is 60.6 Å². The number of halogens is 2. The Hall–Kier alpha value is -2.04. The fourth-order valence-corrected chi connectivity index (χ4v) is 4.57. The minimum atomic E-state index is -0.302. The standard InChI is InChI=1S/C20H18Cl2N2O2/c1-10-8-17(24(25)26)20-18(11(10)2)13-4-3-5-14(13)19(23-20)12-6-7-15(21)16(22)9-12/h3-4,6-9,13-14,19,23H,5H2,1-2H3/t13-,14-,19+/m1/s1. The number of aryl methyl sites for hydroxylation is 1. The molecule has 0 saturated heterocycles. The minimum absolute atomic E-state index is 0.0573. The summed E-state index contributed by atoms with van der Waals surface area (Å²) < 4.78 is 0. The van der Waals surface area contributed by atoms with Gasteiger partial charge in [0, 0.05) is 12.0 Å². The van der Waals surface area contributed by atoms with E-state index in [0.29, 0.717) is 21.7 Å². The average Bonchev–Trinajstić information content (AvgIpc) is 3.08. The quantitative estimate of drug-likeness (QED) is 0.370. The van der Waals surface area contributed by atoms with E-state index in [1.165, 1.54) is 0 Å². The predicted octanol–water partition coefficient (Wildman–Crippen LogP) is 6.34. The second-order valence-electron chi connectivity index (χ2n) is 7.03. The van der Waals surface area contributed by atoms with Gasteiger partial charge in [0.2, 0.25) is 0 Å². The van der Waals surface area contributed by atoms with Crippen molar-refractivity contribution >= 4 is 34.6 Å². The SMILES string of the molecule is Cc1cc([N+](=O)[O-])c2c(c1C)[C@@H]1C=CC[C@H]1[C@H](c1ccc(Cl)c(Cl)c1)N2.